The fourth-order valence-corrected chi connectivity index (χ4v) is 5.06. The summed E-state index contributed by atoms with van der Waals surface area (Å²) in [5.74, 6) is -0.724. The zero-order chi connectivity index (χ0) is 25.2. The van der Waals surface area contributed by atoms with Gasteiger partial charge in [0.05, 0.1) is 6.61 Å². The van der Waals surface area contributed by atoms with Crippen molar-refractivity contribution in [3.8, 4) is 0 Å². The van der Waals surface area contributed by atoms with Gasteiger partial charge in [-0.05, 0) is 60.1 Å². The largest absolute Gasteiger partial charge is 0.363 e. The molecule has 0 saturated heterocycles. The van der Waals surface area contributed by atoms with Gasteiger partial charge in [0, 0.05) is 11.1 Å². The highest BCUT2D eigenvalue weighted by Gasteiger charge is 2.48. The van der Waals surface area contributed by atoms with E-state index < -0.39 is 29.9 Å². The van der Waals surface area contributed by atoms with Crippen LogP contribution in [0.5, 0.6) is 0 Å². The molecule has 0 spiro atoms. The highest BCUT2D eigenvalue weighted by molar-refractivity contribution is 5.84. The van der Waals surface area contributed by atoms with Gasteiger partial charge in [0.1, 0.15) is 11.4 Å². The number of aryl methyl sites for hydroxylation is 2. The minimum atomic E-state index is -2.27. The Morgan fingerprint density at radius 2 is 1.57 bits per heavy atom. The van der Waals surface area contributed by atoms with Gasteiger partial charge in [0.15, 0.2) is 18.5 Å². The number of benzene rings is 2. The van der Waals surface area contributed by atoms with E-state index >= 15 is 17.6 Å². The Kier molecular flexibility index (Phi) is 7.85. The zero-order valence-corrected chi connectivity index (χ0v) is 20.7. The summed E-state index contributed by atoms with van der Waals surface area (Å²) in [7, 11) is 0. The summed E-state index contributed by atoms with van der Waals surface area (Å²) in [6.45, 7) is 5.74. The van der Waals surface area contributed by atoms with E-state index in [-0.39, 0.29) is 28.9 Å². The minimum Gasteiger partial charge on any atom is -0.363 e. The number of halogens is 4. The average Bonchev–Trinajstić information content (AvgIpc) is 2.85. The molecule has 2 aliphatic rings. The summed E-state index contributed by atoms with van der Waals surface area (Å²) in [5, 5.41) is 0. The van der Waals surface area contributed by atoms with E-state index in [2.05, 4.69) is 6.92 Å². The van der Waals surface area contributed by atoms with Gasteiger partial charge in [-0.2, -0.15) is 0 Å². The number of fused-ring (bicyclic) bond motifs is 2. The Morgan fingerprint density at radius 3 is 2.26 bits per heavy atom. The SMILES string of the molecule is CCCCCc1ccc(COC2(C)C=CC3=C(C(F)C(F)c4c3ccc(CCC)c4F)C2F)cc1. The number of ether oxygens (including phenoxy) is 1. The van der Waals surface area contributed by atoms with E-state index in [0.29, 0.717) is 18.4 Å². The Bertz CT molecular complexity index is 1100. The van der Waals surface area contributed by atoms with Crippen LogP contribution in [0, 0.1) is 5.82 Å². The van der Waals surface area contributed by atoms with Crippen molar-refractivity contribution in [3.63, 3.8) is 0 Å². The monoisotopic (exact) mass is 486 g/mol. The number of hydrogen-bond acceptors (Lipinski definition) is 1. The van der Waals surface area contributed by atoms with E-state index in [1.165, 1.54) is 25.3 Å². The van der Waals surface area contributed by atoms with E-state index in [1.807, 2.05) is 31.2 Å². The number of rotatable bonds is 9. The lowest BCUT2D eigenvalue weighted by molar-refractivity contribution is -0.0539. The van der Waals surface area contributed by atoms with Crippen LogP contribution in [-0.2, 0) is 24.2 Å². The molecule has 0 radical (unpaired) electrons. The summed E-state index contributed by atoms with van der Waals surface area (Å²) in [4.78, 5) is 0. The molecule has 2 aromatic carbocycles. The molecule has 2 aromatic rings. The summed E-state index contributed by atoms with van der Waals surface area (Å²) in [6, 6.07) is 11.2. The molecule has 2 aliphatic carbocycles. The van der Waals surface area contributed by atoms with E-state index in [4.69, 9.17) is 4.74 Å². The van der Waals surface area contributed by atoms with Gasteiger partial charge < -0.3 is 4.74 Å². The number of unbranched alkanes of at least 4 members (excludes halogenated alkanes) is 2. The standard InChI is InChI=1S/C30H34F4O/c1-4-6-7-9-19-10-12-20(13-11-19)18-35-30(3)17-16-23-22-15-14-21(8-5-2)26(31)24(22)27(32)28(33)25(23)29(30)34/h10-17,27-29H,4-9,18H2,1-3H3. The molecule has 5 heteroatoms. The fourth-order valence-electron chi connectivity index (χ4n) is 5.06. The molecule has 1 nitrogen and oxygen atoms in total. The van der Waals surface area contributed by atoms with Crippen LogP contribution in [0.2, 0.25) is 0 Å². The number of hydrogen-bond donors (Lipinski definition) is 0. The minimum absolute atomic E-state index is 0.140. The third kappa shape index (κ3) is 4.97. The molecule has 0 aliphatic heterocycles. The maximum Gasteiger partial charge on any atom is 0.164 e. The fraction of sp³-hybridized carbons (Fsp3) is 0.467. The van der Waals surface area contributed by atoms with Gasteiger partial charge in [-0.15, -0.1) is 0 Å². The molecule has 0 N–H and O–H groups in total. The average molecular weight is 487 g/mol. The summed E-state index contributed by atoms with van der Waals surface area (Å²) >= 11 is 0. The summed E-state index contributed by atoms with van der Waals surface area (Å²) in [5.41, 5.74) is 0.851. The Morgan fingerprint density at radius 1 is 0.857 bits per heavy atom. The normalized spacial score (nSPS) is 25.5. The van der Waals surface area contributed by atoms with Gasteiger partial charge >= 0.3 is 0 Å². The first-order valence-electron chi connectivity index (χ1n) is 12.7. The van der Waals surface area contributed by atoms with Crippen molar-refractivity contribution in [1.82, 2.24) is 0 Å². The molecular formula is C30H34F4O. The van der Waals surface area contributed by atoms with E-state index in [0.717, 1.165) is 18.4 Å². The maximum absolute atomic E-state index is 15.8. The van der Waals surface area contributed by atoms with E-state index in [1.54, 1.807) is 24.3 Å². The lowest BCUT2D eigenvalue weighted by Gasteiger charge is -2.40. The third-order valence-corrected chi connectivity index (χ3v) is 7.21. The zero-order valence-electron chi connectivity index (χ0n) is 20.7. The van der Waals surface area contributed by atoms with Crippen LogP contribution < -0.4 is 0 Å². The van der Waals surface area contributed by atoms with Gasteiger partial charge in [0.2, 0.25) is 0 Å². The molecule has 0 amide bonds. The lowest BCUT2D eigenvalue weighted by Crippen LogP contribution is -2.44. The van der Waals surface area contributed by atoms with Gasteiger partial charge in [-0.25, -0.2) is 17.6 Å². The second-order valence-electron chi connectivity index (χ2n) is 9.86. The third-order valence-electron chi connectivity index (χ3n) is 7.21. The van der Waals surface area contributed by atoms with Crippen LogP contribution in [0.3, 0.4) is 0 Å². The van der Waals surface area contributed by atoms with Crippen LogP contribution >= 0.6 is 0 Å². The van der Waals surface area contributed by atoms with Crippen molar-refractivity contribution in [1.29, 1.82) is 0 Å². The molecule has 4 rings (SSSR count). The van der Waals surface area contributed by atoms with Gasteiger partial charge in [-0.1, -0.05) is 75.6 Å². The molecule has 0 heterocycles. The van der Waals surface area contributed by atoms with Crippen LogP contribution in [0.4, 0.5) is 17.6 Å². The molecule has 188 valence electrons. The molecule has 0 aromatic heterocycles. The Hall–Kier alpha value is -2.40. The highest BCUT2D eigenvalue weighted by Crippen LogP contribution is 2.49. The quantitative estimate of drug-likeness (QED) is 0.255. The predicted octanol–water partition coefficient (Wildman–Crippen LogP) is 8.51. The van der Waals surface area contributed by atoms with Crippen LogP contribution in [0.15, 0.2) is 54.1 Å². The van der Waals surface area contributed by atoms with Crippen LogP contribution in [-0.4, -0.2) is 17.9 Å². The Labute approximate surface area is 205 Å². The molecule has 4 atom stereocenters. The first-order chi connectivity index (χ1) is 16.8. The molecule has 4 unspecified atom stereocenters. The van der Waals surface area contributed by atoms with E-state index in [9.17, 15) is 0 Å². The van der Waals surface area contributed by atoms with Crippen LogP contribution in [0.25, 0.3) is 5.57 Å². The molecule has 0 fully saturated rings. The van der Waals surface area contributed by atoms with Crippen molar-refractivity contribution in [2.45, 2.75) is 90.0 Å². The topological polar surface area (TPSA) is 9.23 Å². The smallest absolute Gasteiger partial charge is 0.164 e. The summed E-state index contributed by atoms with van der Waals surface area (Å²) < 4.78 is 67.2. The first kappa shape index (κ1) is 25.7. The van der Waals surface area contributed by atoms with Crippen molar-refractivity contribution < 1.29 is 22.3 Å². The van der Waals surface area contributed by atoms with Gasteiger partial charge in [0.25, 0.3) is 0 Å². The summed E-state index contributed by atoms with van der Waals surface area (Å²) in [6.07, 6.45) is 2.32. The maximum atomic E-state index is 15.8. The van der Waals surface area contributed by atoms with Crippen molar-refractivity contribution in [2.24, 2.45) is 0 Å². The highest BCUT2D eigenvalue weighted by atomic mass is 19.2. The lowest BCUT2D eigenvalue weighted by atomic mass is 9.74. The Balaban J connectivity index is 1.54. The predicted molar refractivity (Wildman–Crippen MR) is 133 cm³/mol. The van der Waals surface area contributed by atoms with Gasteiger partial charge in [-0.3, -0.25) is 0 Å². The van der Waals surface area contributed by atoms with Crippen molar-refractivity contribution >= 4 is 5.57 Å². The number of allylic oxidation sites excluding steroid dienone is 2. The molecular weight excluding hydrogens is 452 g/mol. The second-order valence-corrected chi connectivity index (χ2v) is 9.86. The van der Waals surface area contributed by atoms with Crippen molar-refractivity contribution in [3.05, 3.63) is 87.8 Å². The molecule has 0 saturated carbocycles. The van der Waals surface area contributed by atoms with Crippen molar-refractivity contribution in [2.75, 3.05) is 0 Å². The number of alkyl halides is 3. The van der Waals surface area contributed by atoms with Crippen LogP contribution in [0.1, 0.15) is 80.4 Å². The second kappa shape index (κ2) is 10.7. The first-order valence-corrected chi connectivity index (χ1v) is 12.7. The molecule has 35 heavy (non-hydrogen) atoms. The molecule has 0 bridgehead atoms.